The Hall–Kier alpha value is -1.26. The van der Waals surface area contributed by atoms with Crippen LogP contribution in [-0.2, 0) is 0 Å². The molecule has 1 heterocycles. The van der Waals surface area contributed by atoms with E-state index in [2.05, 4.69) is 5.32 Å². The first-order valence-corrected chi connectivity index (χ1v) is 5.59. The summed E-state index contributed by atoms with van der Waals surface area (Å²) in [6.07, 6.45) is 0. The van der Waals surface area contributed by atoms with Gasteiger partial charge < -0.3 is 19.9 Å². The van der Waals surface area contributed by atoms with Crippen molar-refractivity contribution in [3.8, 4) is 11.5 Å². The van der Waals surface area contributed by atoms with Crippen LogP contribution in [-0.4, -0.2) is 31.5 Å². The number of likely N-dealkylation sites (N-methyl/N-ethyl adjacent to an activating group) is 1. The molecule has 4 heteroatoms. The summed E-state index contributed by atoms with van der Waals surface area (Å²) in [6.45, 7) is 4.10. The summed E-state index contributed by atoms with van der Waals surface area (Å²) >= 11 is 0. The van der Waals surface area contributed by atoms with Gasteiger partial charge in [0.2, 0.25) is 0 Å². The minimum absolute atomic E-state index is 0.0409. The zero-order chi connectivity index (χ0) is 11.4. The Bertz CT molecular complexity index is 354. The maximum atomic E-state index is 9.28. The van der Waals surface area contributed by atoms with Crippen molar-refractivity contribution in [3.63, 3.8) is 0 Å². The summed E-state index contributed by atoms with van der Waals surface area (Å²) < 4.78 is 10.9. The van der Waals surface area contributed by atoms with Crippen LogP contribution >= 0.6 is 0 Å². The van der Waals surface area contributed by atoms with Gasteiger partial charge in [-0.2, -0.15) is 0 Å². The van der Waals surface area contributed by atoms with Gasteiger partial charge in [-0.3, -0.25) is 0 Å². The lowest BCUT2D eigenvalue weighted by Gasteiger charge is -2.21. The number of hydrogen-bond donors (Lipinski definition) is 2. The molecule has 2 rings (SSSR count). The van der Waals surface area contributed by atoms with E-state index in [0.717, 1.165) is 23.6 Å². The molecule has 0 aromatic heterocycles. The molecule has 0 amide bonds. The Morgan fingerprint density at radius 1 is 1.31 bits per heavy atom. The number of hydrogen-bond acceptors (Lipinski definition) is 4. The van der Waals surface area contributed by atoms with Crippen LogP contribution in [0.4, 0.5) is 0 Å². The second-order valence-electron chi connectivity index (χ2n) is 3.70. The minimum atomic E-state index is -0.0409. The fourth-order valence-corrected chi connectivity index (χ4v) is 1.81. The SMILES string of the molecule is CCNC(CO)c1ccc2c(c1)OCCO2. The first-order chi connectivity index (χ1) is 7.85. The van der Waals surface area contributed by atoms with Crippen molar-refractivity contribution in [2.75, 3.05) is 26.4 Å². The maximum Gasteiger partial charge on any atom is 0.161 e. The minimum Gasteiger partial charge on any atom is -0.486 e. The predicted octanol–water partition coefficient (Wildman–Crippen LogP) is 1.10. The van der Waals surface area contributed by atoms with Crippen LogP contribution in [0.3, 0.4) is 0 Å². The predicted molar refractivity (Wildman–Crippen MR) is 60.9 cm³/mol. The topological polar surface area (TPSA) is 50.7 Å². The Morgan fingerprint density at radius 2 is 2.06 bits per heavy atom. The summed E-state index contributed by atoms with van der Waals surface area (Å²) in [5.74, 6) is 1.54. The van der Waals surface area contributed by atoms with E-state index in [1.165, 1.54) is 0 Å². The Morgan fingerprint density at radius 3 is 2.75 bits per heavy atom. The van der Waals surface area contributed by atoms with E-state index in [-0.39, 0.29) is 12.6 Å². The molecule has 0 bridgehead atoms. The van der Waals surface area contributed by atoms with Crippen LogP contribution in [0.2, 0.25) is 0 Å². The van der Waals surface area contributed by atoms with E-state index in [4.69, 9.17) is 9.47 Å². The van der Waals surface area contributed by atoms with E-state index >= 15 is 0 Å². The van der Waals surface area contributed by atoms with Crippen molar-refractivity contribution in [1.82, 2.24) is 5.32 Å². The van der Waals surface area contributed by atoms with Gasteiger partial charge in [-0.1, -0.05) is 13.0 Å². The van der Waals surface area contributed by atoms with Crippen LogP contribution in [0.25, 0.3) is 0 Å². The number of ether oxygens (including phenoxy) is 2. The summed E-state index contributed by atoms with van der Waals surface area (Å²) in [4.78, 5) is 0. The van der Waals surface area contributed by atoms with Crippen LogP contribution in [0.1, 0.15) is 18.5 Å². The number of fused-ring (bicyclic) bond motifs is 1. The first-order valence-electron chi connectivity index (χ1n) is 5.59. The molecule has 0 aliphatic carbocycles. The van der Waals surface area contributed by atoms with Crippen LogP contribution < -0.4 is 14.8 Å². The zero-order valence-electron chi connectivity index (χ0n) is 9.40. The van der Waals surface area contributed by atoms with E-state index in [1.54, 1.807) is 0 Å². The van der Waals surface area contributed by atoms with Crippen molar-refractivity contribution in [3.05, 3.63) is 23.8 Å². The highest BCUT2D eigenvalue weighted by Gasteiger charge is 2.15. The molecule has 1 aliphatic heterocycles. The lowest BCUT2D eigenvalue weighted by Crippen LogP contribution is -2.24. The zero-order valence-corrected chi connectivity index (χ0v) is 9.40. The summed E-state index contributed by atoms with van der Waals surface area (Å²) in [5, 5.41) is 12.5. The quantitative estimate of drug-likeness (QED) is 0.802. The largest absolute Gasteiger partial charge is 0.486 e. The van der Waals surface area contributed by atoms with Gasteiger partial charge >= 0.3 is 0 Å². The molecule has 0 spiro atoms. The molecule has 0 fully saturated rings. The average Bonchev–Trinajstić information content (AvgIpc) is 2.35. The number of aliphatic hydroxyl groups is 1. The molecule has 1 aromatic rings. The first kappa shape index (κ1) is 11.2. The van der Waals surface area contributed by atoms with Gasteiger partial charge in [0.25, 0.3) is 0 Å². The molecule has 1 unspecified atom stereocenters. The van der Waals surface area contributed by atoms with Gasteiger partial charge in [0.05, 0.1) is 12.6 Å². The summed E-state index contributed by atoms with van der Waals surface area (Å²) in [5.41, 5.74) is 1.02. The van der Waals surface area contributed by atoms with Crippen molar-refractivity contribution in [2.24, 2.45) is 0 Å². The van der Waals surface area contributed by atoms with Crippen molar-refractivity contribution in [1.29, 1.82) is 0 Å². The molecule has 0 saturated carbocycles. The molecule has 1 aliphatic rings. The van der Waals surface area contributed by atoms with Gasteiger partial charge in [-0.15, -0.1) is 0 Å². The Balaban J connectivity index is 2.21. The highest BCUT2D eigenvalue weighted by molar-refractivity contribution is 5.44. The Labute approximate surface area is 95.2 Å². The molecule has 2 N–H and O–H groups in total. The van der Waals surface area contributed by atoms with Crippen molar-refractivity contribution < 1.29 is 14.6 Å². The van der Waals surface area contributed by atoms with E-state index in [1.807, 2.05) is 25.1 Å². The fraction of sp³-hybridized carbons (Fsp3) is 0.500. The van der Waals surface area contributed by atoms with Gasteiger partial charge in [-0.25, -0.2) is 0 Å². The van der Waals surface area contributed by atoms with Crippen LogP contribution in [0, 0.1) is 0 Å². The third-order valence-electron chi connectivity index (χ3n) is 2.60. The summed E-state index contributed by atoms with van der Waals surface area (Å²) in [6, 6.07) is 5.74. The smallest absolute Gasteiger partial charge is 0.161 e. The lowest BCUT2D eigenvalue weighted by atomic mass is 10.1. The van der Waals surface area contributed by atoms with Crippen molar-refractivity contribution in [2.45, 2.75) is 13.0 Å². The third-order valence-corrected chi connectivity index (χ3v) is 2.60. The molecule has 16 heavy (non-hydrogen) atoms. The van der Waals surface area contributed by atoms with Crippen LogP contribution in [0.5, 0.6) is 11.5 Å². The average molecular weight is 223 g/mol. The molecule has 0 saturated heterocycles. The standard InChI is InChI=1S/C12H17NO3/c1-2-13-10(8-14)9-3-4-11-12(7-9)16-6-5-15-11/h3-4,7,10,13-14H,2,5-6,8H2,1H3. The van der Waals surface area contributed by atoms with Gasteiger partial charge in [0.1, 0.15) is 13.2 Å². The number of aliphatic hydroxyl groups excluding tert-OH is 1. The molecular formula is C12H17NO3. The number of benzene rings is 1. The van der Waals surface area contributed by atoms with Gasteiger partial charge in [0, 0.05) is 0 Å². The number of rotatable bonds is 4. The molecule has 1 aromatic carbocycles. The third kappa shape index (κ3) is 2.28. The second-order valence-corrected chi connectivity index (χ2v) is 3.70. The fourth-order valence-electron chi connectivity index (χ4n) is 1.81. The Kier molecular flexibility index (Phi) is 3.64. The second kappa shape index (κ2) is 5.18. The summed E-state index contributed by atoms with van der Waals surface area (Å²) in [7, 11) is 0. The highest BCUT2D eigenvalue weighted by Crippen LogP contribution is 2.32. The van der Waals surface area contributed by atoms with E-state index in [9.17, 15) is 5.11 Å². The van der Waals surface area contributed by atoms with Crippen LogP contribution in [0.15, 0.2) is 18.2 Å². The van der Waals surface area contributed by atoms with Crippen molar-refractivity contribution >= 4 is 0 Å². The molecule has 0 radical (unpaired) electrons. The normalized spacial score (nSPS) is 15.9. The number of nitrogens with one attached hydrogen (secondary N) is 1. The molecule has 88 valence electrons. The maximum absolute atomic E-state index is 9.28. The molecule has 4 nitrogen and oxygen atoms in total. The highest BCUT2D eigenvalue weighted by atomic mass is 16.6. The monoisotopic (exact) mass is 223 g/mol. The van der Waals surface area contributed by atoms with E-state index < -0.39 is 0 Å². The van der Waals surface area contributed by atoms with Gasteiger partial charge in [0.15, 0.2) is 11.5 Å². The molecule has 1 atom stereocenters. The lowest BCUT2D eigenvalue weighted by molar-refractivity contribution is 0.171. The van der Waals surface area contributed by atoms with Gasteiger partial charge in [-0.05, 0) is 24.2 Å². The molecular weight excluding hydrogens is 206 g/mol. The van der Waals surface area contributed by atoms with E-state index in [0.29, 0.717) is 13.2 Å².